The molecule has 2 nitrogen and oxygen atoms in total. The molecule has 0 saturated carbocycles. The van der Waals surface area contributed by atoms with Crippen molar-refractivity contribution < 1.29 is 9.90 Å². The molecule has 0 amide bonds. The number of para-hydroxylation sites is 1. The van der Waals surface area contributed by atoms with Crippen molar-refractivity contribution in [2.24, 2.45) is 0 Å². The lowest BCUT2D eigenvalue weighted by Crippen LogP contribution is -2.03. The van der Waals surface area contributed by atoms with E-state index in [0.29, 0.717) is 5.56 Å². The smallest absolute Gasteiger partial charge is 0.197 e. The molecule has 92 valence electrons. The minimum atomic E-state index is -0.222. The van der Waals surface area contributed by atoms with E-state index in [1.807, 2.05) is 18.4 Å². The van der Waals surface area contributed by atoms with Gasteiger partial charge in [-0.2, -0.15) is 0 Å². The van der Waals surface area contributed by atoms with Gasteiger partial charge in [-0.05, 0) is 30.5 Å². The Morgan fingerprint density at radius 1 is 1.11 bits per heavy atom. The Labute approximate surface area is 115 Å². The molecule has 0 atom stereocenters. The molecular formula is C14H11ClO2S. The van der Waals surface area contributed by atoms with E-state index in [-0.39, 0.29) is 22.1 Å². The van der Waals surface area contributed by atoms with Crippen molar-refractivity contribution in [3.05, 3.63) is 58.6 Å². The van der Waals surface area contributed by atoms with E-state index < -0.39 is 0 Å². The molecule has 0 aliphatic carbocycles. The van der Waals surface area contributed by atoms with E-state index in [9.17, 15) is 9.90 Å². The minimum Gasteiger partial charge on any atom is -0.506 e. The summed E-state index contributed by atoms with van der Waals surface area (Å²) in [6, 6.07) is 12.1. The fourth-order valence-electron chi connectivity index (χ4n) is 1.68. The van der Waals surface area contributed by atoms with Crippen molar-refractivity contribution in [3.63, 3.8) is 0 Å². The van der Waals surface area contributed by atoms with E-state index in [1.54, 1.807) is 30.3 Å². The molecule has 4 heteroatoms. The lowest BCUT2D eigenvalue weighted by molar-refractivity contribution is 0.103. The van der Waals surface area contributed by atoms with Crippen LogP contribution in [-0.4, -0.2) is 17.1 Å². The van der Waals surface area contributed by atoms with Crippen molar-refractivity contribution in [1.82, 2.24) is 0 Å². The summed E-state index contributed by atoms with van der Waals surface area (Å²) in [7, 11) is 0. The highest BCUT2D eigenvalue weighted by Crippen LogP contribution is 2.30. The number of ketones is 1. The summed E-state index contributed by atoms with van der Waals surface area (Å²) in [5, 5.41) is 10.0. The molecule has 0 aliphatic heterocycles. The third kappa shape index (κ3) is 2.37. The molecule has 0 bridgehead atoms. The third-order valence-electron chi connectivity index (χ3n) is 2.58. The van der Waals surface area contributed by atoms with Crippen LogP contribution >= 0.6 is 23.4 Å². The van der Waals surface area contributed by atoms with Crippen LogP contribution in [0, 0.1) is 0 Å². The predicted molar refractivity (Wildman–Crippen MR) is 74.8 cm³/mol. The zero-order valence-corrected chi connectivity index (χ0v) is 11.3. The number of carbonyl (C=O) groups is 1. The highest BCUT2D eigenvalue weighted by molar-refractivity contribution is 7.98. The lowest BCUT2D eigenvalue weighted by atomic mass is 10.0. The van der Waals surface area contributed by atoms with Crippen LogP contribution in [0.3, 0.4) is 0 Å². The van der Waals surface area contributed by atoms with Gasteiger partial charge in [0.25, 0.3) is 0 Å². The van der Waals surface area contributed by atoms with Crippen LogP contribution in [-0.2, 0) is 0 Å². The van der Waals surface area contributed by atoms with Crippen molar-refractivity contribution in [1.29, 1.82) is 0 Å². The van der Waals surface area contributed by atoms with Crippen molar-refractivity contribution in [2.75, 3.05) is 6.26 Å². The van der Waals surface area contributed by atoms with Gasteiger partial charge in [-0.1, -0.05) is 29.8 Å². The highest BCUT2D eigenvalue weighted by Gasteiger charge is 2.17. The number of phenols is 1. The van der Waals surface area contributed by atoms with Crippen LogP contribution in [0.1, 0.15) is 15.9 Å². The monoisotopic (exact) mass is 278 g/mol. The van der Waals surface area contributed by atoms with Crippen molar-refractivity contribution in [2.45, 2.75) is 4.90 Å². The first-order valence-electron chi connectivity index (χ1n) is 5.30. The number of benzene rings is 2. The number of carbonyl (C=O) groups excluding carboxylic acids is 1. The first-order valence-corrected chi connectivity index (χ1v) is 6.90. The second-order valence-corrected chi connectivity index (χ2v) is 4.92. The van der Waals surface area contributed by atoms with Crippen LogP contribution in [0.4, 0.5) is 0 Å². The van der Waals surface area contributed by atoms with Gasteiger partial charge >= 0.3 is 0 Å². The molecular weight excluding hydrogens is 268 g/mol. The lowest BCUT2D eigenvalue weighted by Gasteiger charge is -2.08. The Bertz CT molecular complexity index is 596. The van der Waals surface area contributed by atoms with E-state index in [2.05, 4.69) is 0 Å². The molecule has 0 saturated heterocycles. The van der Waals surface area contributed by atoms with E-state index >= 15 is 0 Å². The average Bonchev–Trinajstić information content (AvgIpc) is 2.41. The minimum absolute atomic E-state index is 0.167. The quantitative estimate of drug-likeness (QED) is 0.681. The van der Waals surface area contributed by atoms with E-state index in [4.69, 9.17) is 11.6 Å². The van der Waals surface area contributed by atoms with Crippen LogP contribution in [0.2, 0.25) is 5.02 Å². The first kappa shape index (κ1) is 13.0. The Hall–Kier alpha value is -1.45. The molecule has 0 aromatic heterocycles. The van der Waals surface area contributed by atoms with Crippen LogP contribution in [0.5, 0.6) is 5.75 Å². The largest absolute Gasteiger partial charge is 0.506 e. The molecule has 1 N–H and O–H groups in total. The highest BCUT2D eigenvalue weighted by atomic mass is 35.5. The number of thioether (sulfide) groups is 1. The maximum absolute atomic E-state index is 12.4. The summed E-state index contributed by atoms with van der Waals surface area (Å²) in [5.74, 6) is -0.389. The Kier molecular flexibility index (Phi) is 3.94. The molecule has 0 aliphatic rings. The molecule has 0 fully saturated rings. The number of aromatic hydroxyl groups is 1. The normalized spacial score (nSPS) is 10.3. The zero-order valence-electron chi connectivity index (χ0n) is 9.68. The fourth-order valence-corrected chi connectivity index (χ4v) is 2.45. The summed E-state index contributed by atoms with van der Waals surface area (Å²) < 4.78 is 0. The number of rotatable bonds is 3. The van der Waals surface area contributed by atoms with Crippen molar-refractivity contribution in [3.8, 4) is 5.75 Å². The van der Waals surface area contributed by atoms with Gasteiger partial charge < -0.3 is 5.11 Å². The SMILES string of the molecule is CSc1ccccc1C(=O)c1cccc(Cl)c1O. The van der Waals surface area contributed by atoms with Gasteiger partial charge in [0, 0.05) is 10.5 Å². The molecule has 2 aromatic carbocycles. The number of hydrogen-bond acceptors (Lipinski definition) is 3. The predicted octanol–water partition coefficient (Wildman–Crippen LogP) is 4.00. The molecule has 2 rings (SSSR count). The number of phenolic OH excluding ortho intramolecular Hbond substituents is 1. The van der Waals surface area contributed by atoms with E-state index in [0.717, 1.165) is 4.90 Å². The number of halogens is 1. The topological polar surface area (TPSA) is 37.3 Å². The first-order chi connectivity index (χ1) is 8.65. The molecule has 0 spiro atoms. The molecule has 0 radical (unpaired) electrons. The van der Waals surface area contributed by atoms with Gasteiger partial charge in [-0.15, -0.1) is 11.8 Å². The maximum Gasteiger partial charge on any atom is 0.197 e. The Morgan fingerprint density at radius 2 is 1.78 bits per heavy atom. The van der Waals surface area contributed by atoms with Gasteiger partial charge in [-0.3, -0.25) is 4.79 Å². The van der Waals surface area contributed by atoms with Gasteiger partial charge in [0.15, 0.2) is 5.78 Å². The number of hydrogen-bond donors (Lipinski definition) is 1. The van der Waals surface area contributed by atoms with Crippen LogP contribution in [0.15, 0.2) is 47.4 Å². The standard InChI is InChI=1S/C14H11ClO2S/c1-18-12-8-3-2-5-9(12)13(16)10-6-4-7-11(15)14(10)17/h2-8,17H,1H3. The third-order valence-corrected chi connectivity index (χ3v) is 3.68. The summed E-state index contributed by atoms with van der Waals surface area (Å²) in [5.41, 5.74) is 0.798. The van der Waals surface area contributed by atoms with Crippen LogP contribution < -0.4 is 0 Å². The zero-order chi connectivity index (χ0) is 13.1. The molecule has 0 heterocycles. The Balaban J connectivity index is 2.52. The average molecular weight is 279 g/mol. The summed E-state index contributed by atoms with van der Waals surface area (Å²) in [4.78, 5) is 13.2. The second-order valence-electron chi connectivity index (χ2n) is 3.67. The molecule has 2 aromatic rings. The Morgan fingerprint density at radius 3 is 2.50 bits per heavy atom. The van der Waals surface area contributed by atoms with Gasteiger partial charge in [-0.25, -0.2) is 0 Å². The van der Waals surface area contributed by atoms with Crippen LogP contribution in [0.25, 0.3) is 0 Å². The maximum atomic E-state index is 12.4. The summed E-state index contributed by atoms with van der Waals surface area (Å²) in [6.45, 7) is 0. The van der Waals surface area contributed by atoms with Gasteiger partial charge in [0.05, 0.1) is 10.6 Å². The molecule has 18 heavy (non-hydrogen) atoms. The summed E-state index contributed by atoms with van der Waals surface area (Å²) >= 11 is 7.30. The summed E-state index contributed by atoms with van der Waals surface area (Å²) in [6.07, 6.45) is 1.91. The fraction of sp³-hybridized carbons (Fsp3) is 0.0714. The van der Waals surface area contributed by atoms with Gasteiger partial charge in [0.1, 0.15) is 5.75 Å². The second kappa shape index (κ2) is 5.46. The molecule has 0 unspecified atom stereocenters. The van der Waals surface area contributed by atoms with E-state index in [1.165, 1.54) is 11.8 Å². The van der Waals surface area contributed by atoms with Crippen molar-refractivity contribution >= 4 is 29.1 Å². The van der Waals surface area contributed by atoms with Gasteiger partial charge in [0.2, 0.25) is 0 Å².